The van der Waals surface area contributed by atoms with E-state index >= 15 is 0 Å². The van der Waals surface area contributed by atoms with Gasteiger partial charge in [-0.25, -0.2) is 8.42 Å². The molecule has 2 rings (SSSR count). The van der Waals surface area contributed by atoms with Gasteiger partial charge in [0.1, 0.15) is 4.90 Å². The van der Waals surface area contributed by atoms with Gasteiger partial charge in [-0.05, 0) is 0 Å². The number of hydrogen-bond acceptors (Lipinski definition) is 6. The van der Waals surface area contributed by atoms with Gasteiger partial charge in [0.25, 0.3) is 0 Å². The minimum Gasteiger partial charge on any atom is -0.381 e. The molecule has 21 heavy (non-hydrogen) atoms. The smallest absolute Gasteiger partial charge is 0.248 e. The van der Waals surface area contributed by atoms with E-state index in [1.165, 1.54) is 15.2 Å². The lowest BCUT2D eigenvalue weighted by molar-refractivity contribution is -0.122. The molecule has 3 N–H and O–H groups in total. The number of aromatic nitrogens is 2. The van der Waals surface area contributed by atoms with Crippen LogP contribution in [0.15, 0.2) is 11.1 Å². The first-order valence-electron chi connectivity index (χ1n) is 6.57. The van der Waals surface area contributed by atoms with E-state index in [0.29, 0.717) is 26.2 Å². The van der Waals surface area contributed by atoms with Crippen LogP contribution in [0.3, 0.4) is 0 Å². The number of piperazine rings is 1. The van der Waals surface area contributed by atoms with Crippen LogP contribution in [0.5, 0.6) is 0 Å². The Bertz CT molecular complexity index is 618. The highest BCUT2D eigenvalue weighted by Crippen LogP contribution is 2.21. The second-order valence-corrected chi connectivity index (χ2v) is 6.81. The highest BCUT2D eigenvalue weighted by molar-refractivity contribution is 7.89. The molecule has 0 aliphatic carbocycles. The predicted molar refractivity (Wildman–Crippen MR) is 76.9 cm³/mol. The van der Waals surface area contributed by atoms with Crippen LogP contribution in [0.25, 0.3) is 0 Å². The van der Waals surface area contributed by atoms with Crippen molar-refractivity contribution in [3.05, 3.63) is 6.20 Å². The number of likely N-dealkylation sites (N-methyl/N-ethyl adjacent to an activating group) is 1. The maximum Gasteiger partial charge on any atom is 0.248 e. The summed E-state index contributed by atoms with van der Waals surface area (Å²) in [6.07, 6.45) is 1.40. The highest BCUT2D eigenvalue weighted by Gasteiger charge is 2.31. The van der Waals surface area contributed by atoms with E-state index in [2.05, 4.69) is 10.4 Å². The fourth-order valence-corrected chi connectivity index (χ4v) is 3.74. The molecule has 0 atom stereocenters. The number of carbonyl (C=O) groups is 1. The second kappa shape index (κ2) is 6.00. The number of anilines is 1. The van der Waals surface area contributed by atoms with E-state index in [1.54, 1.807) is 14.1 Å². The highest BCUT2D eigenvalue weighted by atomic mass is 32.2. The van der Waals surface area contributed by atoms with Gasteiger partial charge >= 0.3 is 0 Å². The molecule has 1 saturated heterocycles. The first-order valence-corrected chi connectivity index (χ1v) is 8.01. The number of aryl methyl sites for hydroxylation is 1. The van der Waals surface area contributed by atoms with Gasteiger partial charge in [-0.1, -0.05) is 0 Å². The normalized spacial score (nSPS) is 17.8. The molecule has 118 valence electrons. The molecule has 1 fully saturated rings. The van der Waals surface area contributed by atoms with Gasteiger partial charge in [0.2, 0.25) is 15.9 Å². The monoisotopic (exact) mass is 316 g/mol. The first-order chi connectivity index (χ1) is 9.84. The summed E-state index contributed by atoms with van der Waals surface area (Å²) < 4.78 is 27.8. The van der Waals surface area contributed by atoms with Crippen LogP contribution in [0.4, 0.5) is 5.82 Å². The van der Waals surface area contributed by atoms with E-state index < -0.39 is 10.0 Å². The number of nitrogen functional groups attached to an aromatic ring is 1. The van der Waals surface area contributed by atoms with E-state index in [-0.39, 0.29) is 23.2 Å². The van der Waals surface area contributed by atoms with Gasteiger partial charge in [-0.15, -0.1) is 0 Å². The van der Waals surface area contributed by atoms with E-state index in [9.17, 15) is 13.2 Å². The maximum atomic E-state index is 12.5. The molecule has 0 unspecified atom stereocenters. The van der Waals surface area contributed by atoms with Crippen LogP contribution >= 0.6 is 0 Å². The Labute approximate surface area is 123 Å². The number of nitrogens with zero attached hydrogens (tertiary/aromatic N) is 4. The van der Waals surface area contributed by atoms with Gasteiger partial charge in [0.05, 0.1) is 6.54 Å². The van der Waals surface area contributed by atoms with Crippen molar-refractivity contribution < 1.29 is 13.2 Å². The van der Waals surface area contributed by atoms with E-state index in [1.807, 2.05) is 4.90 Å². The summed E-state index contributed by atoms with van der Waals surface area (Å²) in [6.45, 7) is 1.94. The summed E-state index contributed by atoms with van der Waals surface area (Å²) in [4.78, 5) is 13.3. The summed E-state index contributed by atoms with van der Waals surface area (Å²) in [5.74, 6) is -0.0758. The van der Waals surface area contributed by atoms with Gasteiger partial charge in [-0.3, -0.25) is 14.4 Å². The molecule has 0 spiro atoms. The Morgan fingerprint density at radius 3 is 2.48 bits per heavy atom. The SMILES string of the molecule is CNC(=O)CN1CCN(S(=O)(=O)c2cn(C)nc2N)CC1. The summed E-state index contributed by atoms with van der Waals surface area (Å²) in [5.41, 5.74) is 5.64. The van der Waals surface area contributed by atoms with Gasteiger partial charge in [0, 0.05) is 46.5 Å². The molecular formula is C11H20N6O3S. The number of nitrogens with one attached hydrogen (secondary N) is 1. The number of carbonyl (C=O) groups excluding carboxylic acids is 1. The van der Waals surface area contributed by atoms with Gasteiger partial charge in [-0.2, -0.15) is 9.40 Å². The number of amides is 1. The van der Waals surface area contributed by atoms with Crippen LogP contribution < -0.4 is 11.1 Å². The third-order valence-electron chi connectivity index (χ3n) is 3.42. The van der Waals surface area contributed by atoms with Crippen molar-refractivity contribution in [3.8, 4) is 0 Å². The minimum atomic E-state index is -3.63. The molecule has 9 nitrogen and oxygen atoms in total. The molecule has 0 bridgehead atoms. The topological polar surface area (TPSA) is 114 Å². The van der Waals surface area contributed by atoms with Crippen molar-refractivity contribution in [2.75, 3.05) is 45.5 Å². The summed E-state index contributed by atoms with van der Waals surface area (Å²) in [6, 6.07) is 0. The Hall–Kier alpha value is -1.65. The summed E-state index contributed by atoms with van der Waals surface area (Å²) in [5, 5.41) is 6.41. The molecule has 1 aromatic heterocycles. The first kappa shape index (κ1) is 15.7. The molecule has 0 saturated carbocycles. The van der Waals surface area contributed by atoms with E-state index in [4.69, 9.17) is 5.73 Å². The standard InChI is InChI=1S/C11H20N6O3S/c1-13-10(18)8-16-3-5-17(6-4-16)21(19,20)9-7-15(2)14-11(9)12/h7H,3-6,8H2,1-2H3,(H2,12,14)(H,13,18). The summed E-state index contributed by atoms with van der Waals surface area (Å²) >= 11 is 0. The van der Waals surface area contributed by atoms with Gasteiger partial charge < -0.3 is 11.1 Å². The maximum absolute atomic E-state index is 12.5. The molecule has 1 aliphatic rings. The molecule has 0 radical (unpaired) electrons. The third kappa shape index (κ3) is 3.34. The molecular weight excluding hydrogens is 296 g/mol. The van der Waals surface area contributed by atoms with Crippen molar-refractivity contribution >= 4 is 21.7 Å². The predicted octanol–water partition coefficient (Wildman–Crippen LogP) is -1.95. The van der Waals surface area contributed by atoms with Crippen molar-refractivity contribution in [3.63, 3.8) is 0 Å². The lowest BCUT2D eigenvalue weighted by atomic mass is 10.3. The average Bonchev–Trinajstić information content (AvgIpc) is 2.79. The molecule has 0 aromatic carbocycles. The molecule has 1 aliphatic heterocycles. The van der Waals surface area contributed by atoms with Crippen LogP contribution in [-0.4, -0.2) is 73.1 Å². The van der Waals surface area contributed by atoms with Crippen LogP contribution in [0.2, 0.25) is 0 Å². The Balaban J connectivity index is 2.04. The Morgan fingerprint density at radius 1 is 1.38 bits per heavy atom. The van der Waals surface area contributed by atoms with Crippen LogP contribution in [0, 0.1) is 0 Å². The zero-order chi connectivity index (χ0) is 15.6. The van der Waals surface area contributed by atoms with Crippen molar-refractivity contribution in [1.82, 2.24) is 24.3 Å². The minimum absolute atomic E-state index is 0.00490. The van der Waals surface area contributed by atoms with Crippen molar-refractivity contribution in [1.29, 1.82) is 0 Å². The van der Waals surface area contributed by atoms with Crippen LogP contribution in [0.1, 0.15) is 0 Å². The molecule has 10 heteroatoms. The fourth-order valence-electron chi connectivity index (χ4n) is 2.23. The molecule has 2 heterocycles. The second-order valence-electron chi connectivity index (χ2n) is 4.91. The zero-order valence-electron chi connectivity index (χ0n) is 12.1. The molecule has 1 amide bonds. The van der Waals surface area contributed by atoms with Crippen molar-refractivity contribution in [2.45, 2.75) is 4.90 Å². The number of nitrogens with two attached hydrogens (primary N) is 1. The molecule has 1 aromatic rings. The van der Waals surface area contributed by atoms with Gasteiger partial charge in [0.15, 0.2) is 5.82 Å². The fraction of sp³-hybridized carbons (Fsp3) is 0.636. The van der Waals surface area contributed by atoms with Crippen molar-refractivity contribution in [2.24, 2.45) is 7.05 Å². The average molecular weight is 316 g/mol. The number of hydrogen-bond donors (Lipinski definition) is 2. The van der Waals surface area contributed by atoms with E-state index in [0.717, 1.165) is 0 Å². The largest absolute Gasteiger partial charge is 0.381 e. The number of rotatable bonds is 4. The quantitative estimate of drug-likeness (QED) is 0.668. The zero-order valence-corrected chi connectivity index (χ0v) is 12.9. The number of sulfonamides is 1. The third-order valence-corrected chi connectivity index (χ3v) is 5.33. The lowest BCUT2D eigenvalue weighted by Crippen LogP contribution is -2.50. The summed E-state index contributed by atoms with van der Waals surface area (Å²) in [7, 11) is -0.432. The Kier molecular flexibility index (Phi) is 4.49. The van der Waals surface area contributed by atoms with Crippen LogP contribution in [-0.2, 0) is 21.9 Å². The lowest BCUT2D eigenvalue weighted by Gasteiger charge is -2.33. The Morgan fingerprint density at radius 2 is 2.00 bits per heavy atom.